The predicted octanol–water partition coefficient (Wildman–Crippen LogP) is 4.73. The number of anilines is 1. The van der Waals surface area contributed by atoms with E-state index >= 15 is 0 Å². The van der Waals surface area contributed by atoms with E-state index in [0.717, 1.165) is 22.9 Å². The summed E-state index contributed by atoms with van der Waals surface area (Å²) in [7, 11) is 0. The summed E-state index contributed by atoms with van der Waals surface area (Å²) in [6.45, 7) is 3.63. The molecule has 1 N–H and O–H groups in total. The summed E-state index contributed by atoms with van der Waals surface area (Å²) in [5.74, 6) is -0.0423. The molecule has 0 fully saturated rings. The van der Waals surface area contributed by atoms with Crippen LogP contribution in [0, 0.1) is 17.0 Å². The Balaban J connectivity index is 1.67. The van der Waals surface area contributed by atoms with E-state index in [1.807, 2.05) is 31.2 Å². The van der Waals surface area contributed by atoms with Crippen molar-refractivity contribution < 1.29 is 14.1 Å². The number of benzene rings is 2. The second-order valence-corrected chi connectivity index (χ2v) is 7.61. The van der Waals surface area contributed by atoms with Gasteiger partial charge in [0.05, 0.1) is 20.9 Å². The summed E-state index contributed by atoms with van der Waals surface area (Å²) in [5, 5.41) is 21.3. The zero-order chi connectivity index (χ0) is 20.3. The molecule has 0 aliphatic rings. The van der Waals surface area contributed by atoms with Crippen LogP contribution in [0.1, 0.15) is 12.5 Å². The lowest BCUT2D eigenvalue weighted by Gasteiger charge is -2.11. The molecule has 28 heavy (non-hydrogen) atoms. The van der Waals surface area contributed by atoms with E-state index in [0.29, 0.717) is 5.89 Å². The summed E-state index contributed by atoms with van der Waals surface area (Å²) in [6.07, 6.45) is 0. The predicted molar refractivity (Wildman–Crippen MR) is 107 cm³/mol. The number of hydrogen-bond acceptors (Lipinski definition) is 7. The van der Waals surface area contributed by atoms with Crippen LogP contribution >= 0.6 is 23.4 Å². The lowest BCUT2D eigenvalue weighted by atomic mass is 10.1. The van der Waals surface area contributed by atoms with Crippen molar-refractivity contribution in [3.63, 3.8) is 0 Å². The van der Waals surface area contributed by atoms with Gasteiger partial charge in [-0.1, -0.05) is 41.1 Å². The molecule has 1 heterocycles. The molecule has 3 aromatic rings. The minimum absolute atomic E-state index is 0.166. The molecule has 8 nitrogen and oxygen atoms in total. The number of carbonyl (C=O) groups is 1. The summed E-state index contributed by atoms with van der Waals surface area (Å²) in [5.41, 5.74) is 1.90. The first kappa shape index (κ1) is 19.8. The van der Waals surface area contributed by atoms with Crippen LogP contribution in [0.5, 0.6) is 0 Å². The largest absolute Gasteiger partial charge is 0.411 e. The molecular formula is C18H15ClN4O4S. The van der Waals surface area contributed by atoms with Crippen molar-refractivity contribution in [2.75, 3.05) is 5.32 Å². The average molecular weight is 419 g/mol. The zero-order valence-corrected chi connectivity index (χ0v) is 16.5. The number of nitro groups is 1. The number of aryl methyl sites for hydroxylation is 1. The number of rotatable bonds is 6. The smallest absolute Gasteiger partial charge is 0.277 e. The van der Waals surface area contributed by atoms with Crippen LogP contribution in [-0.4, -0.2) is 26.3 Å². The molecule has 0 saturated heterocycles. The molecular weight excluding hydrogens is 404 g/mol. The monoisotopic (exact) mass is 418 g/mol. The molecule has 0 spiro atoms. The Morgan fingerprint density at radius 3 is 2.64 bits per heavy atom. The number of nitro benzene ring substituents is 1. The molecule has 1 amide bonds. The molecule has 3 rings (SSSR count). The Hall–Kier alpha value is -2.91. The van der Waals surface area contributed by atoms with Crippen LogP contribution in [0.3, 0.4) is 0 Å². The number of nitrogens with zero attached hydrogens (tertiary/aromatic N) is 3. The van der Waals surface area contributed by atoms with Crippen LogP contribution in [0.4, 0.5) is 11.4 Å². The van der Waals surface area contributed by atoms with Gasteiger partial charge in [-0.2, -0.15) is 0 Å². The minimum atomic E-state index is -0.596. The van der Waals surface area contributed by atoms with Crippen LogP contribution in [0.2, 0.25) is 5.02 Å². The molecule has 1 unspecified atom stereocenters. The second kappa shape index (κ2) is 8.41. The fourth-order valence-corrected chi connectivity index (χ4v) is 3.08. The molecule has 0 bridgehead atoms. The molecule has 1 atom stereocenters. The molecule has 10 heteroatoms. The van der Waals surface area contributed by atoms with Gasteiger partial charge in [0.15, 0.2) is 0 Å². The van der Waals surface area contributed by atoms with Gasteiger partial charge < -0.3 is 9.73 Å². The number of hydrogen-bond donors (Lipinski definition) is 1. The van der Waals surface area contributed by atoms with Crippen molar-refractivity contribution >= 4 is 40.6 Å². The van der Waals surface area contributed by atoms with E-state index in [1.165, 1.54) is 18.2 Å². The summed E-state index contributed by atoms with van der Waals surface area (Å²) < 4.78 is 5.60. The van der Waals surface area contributed by atoms with Gasteiger partial charge in [-0.15, -0.1) is 10.2 Å². The Morgan fingerprint density at radius 2 is 1.96 bits per heavy atom. The number of halogens is 1. The lowest BCUT2D eigenvalue weighted by Crippen LogP contribution is -2.22. The lowest BCUT2D eigenvalue weighted by molar-refractivity contribution is -0.384. The van der Waals surface area contributed by atoms with Crippen LogP contribution in [0.25, 0.3) is 11.5 Å². The number of amides is 1. The van der Waals surface area contributed by atoms with E-state index in [4.69, 9.17) is 16.0 Å². The SMILES string of the molecule is Cc1ccc(-c2nnc(SC(C)C(=O)Nc3cc([N+](=O)[O-])ccc3Cl)o2)cc1. The maximum absolute atomic E-state index is 12.4. The molecule has 0 aliphatic carbocycles. The van der Waals surface area contributed by atoms with Crippen LogP contribution < -0.4 is 5.32 Å². The van der Waals surface area contributed by atoms with Gasteiger partial charge >= 0.3 is 0 Å². The third-order valence-corrected chi connectivity index (χ3v) is 5.03. The van der Waals surface area contributed by atoms with E-state index in [9.17, 15) is 14.9 Å². The van der Waals surface area contributed by atoms with E-state index in [-0.39, 0.29) is 21.6 Å². The molecule has 0 aliphatic heterocycles. The molecule has 144 valence electrons. The summed E-state index contributed by atoms with van der Waals surface area (Å²) in [6, 6.07) is 11.5. The molecule has 1 aromatic heterocycles. The Morgan fingerprint density at radius 1 is 1.25 bits per heavy atom. The van der Waals surface area contributed by atoms with Crippen molar-refractivity contribution in [3.8, 4) is 11.5 Å². The highest BCUT2D eigenvalue weighted by atomic mass is 35.5. The van der Waals surface area contributed by atoms with E-state index in [2.05, 4.69) is 15.5 Å². The first-order valence-electron chi connectivity index (χ1n) is 8.15. The highest BCUT2D eigenvalue weighted by Gasteiger charge is 2.20. The zero-order valence-electron chi connectivity index (χ0n) is 14.9. The summed E-state index contributed by atoms with van der Waals surface area (Å²) >= 11 is 7.08. The van der Waals surface area contributed by atoms with Gasteiger partial charge in [-0.3, -0.25) is 14.9 Å². The average Bonchev–Trinajstić information content (AvgIpc) is 3.12. The Bertz CT molecular complexity index is 1020. The number of thioether (sulfide) groups is 1. The van der Waals surface area contributed by atoms with Crippen molar-refractivity contribution in [2.24, 2.45) is 0 Å². The van der Waals surface area contributed by atoms with Gasteiger partial charge in [0.1, 0.15) is 0 Å². The number of aromatic nitrogens is 2. The minimum Gasteiger partial charge on any atom is -0.411 e. The number of nitrogens with one attached hydrogen (secondary N) is 1. The van der Waals surface area contributed by atoms with Gasteiger partial charge in [-0.25, -0.2) is 0 Å². The standard InChI is InChI=1S/C18H15ClN4O4S/c1-10-3-5-12(6-4-10)17-21-22-18(27-17)28-11(2)16(24)20-15-9-13(23(25)26)7-8-14(15)19/h3-9,11H,1-2H3,(H,20,24). The number of non-ortho nitro benzene ring substituents is 1. The maximum Gasteiger partial charge on any atom is 0.277 e. The first-order chi connectivity index (χ1) is 13.3. The summed E-state index contributed by atoms with van der Waals surface area (Å²) in [4.78, 5) is 22.7. The quantitative estimate of drug-likeness (QED) is 0.350. The second-order valence-electron chi connectivity index (χ2n) is 5.91. The topological polar surface area (TPSA) is 111 Å². The van der Waals surface area contributed by atoms with Crippen molar-refractivity contribution in [1.29, 1.82) is 0 Å². The van der Waals surface area contributed by atoms with Crippen LogP contribution in [0.15, 0.2) is 52.1 Å². The van der Waals surface area contributed by atoms with Crippen molar-refractivity contribution in [2.45, 2.75) is 24.3 Å². The van der Waals surface area contributed by atoms with Gasteiger partial charge in [0.2, 0.25) is 11.8 Å². The maximum atomic E-state index is 12.4. The normalized spacial score (nSPS) is 11.8. The molecule has 0 radical (unpaired) electrons. The Kier molecular flexibility index (Phi) is 5.96. The highest BCUT2D eigenvalue weighted by Crippen LogP contribution is 2.29. The number of carbonyl (C=O) groups excluding carboxylic acids is 1. The van der Waals surface area contributed by atoms with Crippen molar-refractivity contribution in [3.05, 3.63) is 63.2 Å². The van der Waals surface area contributed by atoms with Gasteiger partial charge in [0.25, 0.3) is 10.9 Å². The van der Waals surface area contributed by atoms with Crippen molar-refractivity contribution in [1.82, 2.24) is 10.2 Å². The Labute approximate surface area is 169 Å². The van der Waals surface area contributed by atoms with E-state index in [1.54, 1.807) is 6.92 Å². The molecule has 2 aromatic carbocycles. The first-order valence-corrected chi connectivity index (χ1v) is 9.41. The third-order valence-electron chi connectivity index (χ3n) is 3.77. The van der Waals surface area contributed by atoms with E-state index < -0.39 is 16.1 Å². The van der Waals surface area contributed by atoms with Crippen LogP contribution in [-0.2, 0) is 4.79 Å². The van der Waals surface area contributed by atoms with Gasteiger partial charge in [0, 0.05) is 17.7 Å². The van der Waals surface area contributed by atoms with Gasteiger partial charge in [-0.05, 0) is 32.0 Å². The fourth-order valence-electron chi connectivity index (χ4n) is 2.23. The fraction of sp³-hybridized carbons (Fsp3) is 0.167. The highest BCUT2D eigenvalue weighted by molar-refractivity contribution is 8.00. The molecule has 0 saturated carbocycles. The third kappa shape index (κ3) is 4.68.